The maximum absolute atomic E-state index is 5.60. The van der Waals surface area contributed by atoms with Crippen molar-refractivity contribution in [3.8, 4) is 0 Å². The van der Waals surface area contributed by atoms with Crippen molar-refractivity contribution in [2.45, 2.75) is 26.3 Å². The molecule has 1 fully saturated rings. The van der Waals surface area contributed by atoms with Crippen molar-refractivity contribution < 1.29 is 9.47 Å². The van der Waals surface area contributed by atoms with E-state index in [0.717, 1.165) is 46.0 Å². The number of hydrogen-bond acceptors (Lipinski definition) is 4. The fraction of sp³-hybridized carbons (Fsp3) is 1.00. The molecule has 1 aliphatic rings. The van der Waals surface area contributed by atoms with Crippen LogP contribution in [0.5, 0.6) is 0 Å². The third kappa shape index (κ3) is 5.34. The van der Waals surface area contributed by atoms with Crippen LogP contribution in [0.2, 0.25) is 0 Å². The Morgan fingerprint density at radius 2 is 2.18 bits per heavy atom. The highest BCUT2D eigenvalue weighted by molar-refractivity contribution is 4.83. The molecule has 1 saturated heterocycles. The molecule has 17 heavy (non-hydrogen) atoms. The Kier molecular flexibility index (Phi) is 7.77. The van der Waals surface area contributed by atoms with Gasteiger partial charge in [0.2, 0.25) is 0 Å². The second-order valence-corrected chi connectivity index (χ2v) is 4.74. The summed E-state index contributed by atoms with van der Waals surface area (Å²) in [5.74, 6) is 0.623. The van der Waals surface area contributed by atoms with Crippen molar-refractivity contribution in [2.24, 2.45) is 5.92 Å². The van der Waals surface area contributed by atoms with Crippen LogP contribution in [-0.2, 0) is 9.47 Å². The smallest absolute Gasteiger partial charge is 0.0623 e. The summed E-state index contributed by atoms with van der Waals surface area (Å²) in [5, 5.41) is 3.58. The van der Waals surface area contributed by atoms with Crippen LogP contribution in [0.15, 0.2) is 0 Å². The van der Waals surface area contributed by atoms with Crippen LogP contribution in [0.1, 0.15) is 20.3 Å². The molecule has 1 heterocycles. The van der Waals surface area contributed by atoms with Crippen LogP contribution in [0.3, 0.4) is 0 Å². The molecule has 0 aromatic rings. The van der Waals surface area contributed by atoms with Gasteiger partial charge in [-0.05, 0) is 19.5 Å². The summed E-state index contributed by atoms with van der Waals surface area (Å²) < 4.78 is 10.7. The fourth-order valence-corrected chi connectivity index (χ4v) is 2.26. The highest BCUT2D eigenvalue weighted by atomic mass is 16.5. The van der Waals surface area contributed by atoms with E-state index in [9.17, 15) is 0 Å². The molecule has 0 saturated carbocycles. The Morgan fingerprint density at radius 1 is 1.35 bits per heavy atom. The van der Waals surface area contributed by atoms with E-state index >= 15 is 0 Å². The molecule has 4 heteroatoms. The normalized spacial score (nSPS) is 24.7. The Balaban J connectivity index is 2.31. The molecule has 1 rings (SSSR count). The van der Waals surface area contributed by atoms with E-state index < -0.39 is 0 Å². The van der Waals surface area contributed by atoms with Crippen LogP contribution >= 0.6 is 0 Å². The van der Waals surface area contributed by atoms with E-state index in [4.69, 9.17) is 9.47 Å². The third-order valence-electron chi connectivity index (χ3n) is 3.41. The van der Waals surface area contributed by atoms with Gasteiger partial charge in [-0.1, -0.05) is 13.8 Å². The van der Waals surface area contributed by atoms with Crippen LogP contribution in [0.4, 0.5) is 0 Å². The minimum Gasteiger partial charge on any atom is -0.383 e. The summed E-state index contributed by atoms with van der Waals surface area (Å²) in [7, 11) is 1.76. The average Bonchev–Trinajstić information content (AvgIpc) is 2.79. The topological polar surface area (TPSA) is 33.7 Å². The molecule has 1 N–H and O–H groups in total. The Bertz CT molecular complexity index is 190. The maximum atomic E-state index is 5.60. The van der Waals surface area contributed by atoms with E-state index in [1.54, 1.807) is 7.11 Å². The number of methoxy groups -OCH3 is 1. The maximum Gasteiger partial charge on any atom is 0.0623 e. The van der Waals surface area contributed by atoms with Crippen molar-refractivity contribution in [3.05, 3.63) is 0 Å². The zero-order chi connectivity index (χ0) is 12.5. The molecular weight excluding hydrogens is 216 g/mol. The van der Waals surface area contributed by atoms with Gasteiger partial charge in [0.1, 0.15) is 0 Å². The van der Waals surface area contributed by atoms with Gasteiger partial charge in [-0.2, -0.15) is 0 Å². The van der Waals surface area contributed by atoms with Gasteiger partial charge in [0, 0.05) is 32.2 Å². The first kappa shape index (κ1) is 14.9. The molecule has 0 aromatic carbocycles. The SMILES string of the molecule is CCCNC1COCC1CN(CC)CCOC. The second-order valence-electron chi connectivity index (χ2n) is 4.74. The van der Waals surface area contributed by atoms with E-state index in [1.165, 1.54) is 6.42 Å². The summed E-state index contributed by atoms with van der Waals surface area (Å²) in [6.45, 7) is 11.3. The Morgan fingerprint density at radius 3 is 2.82 bits per heavy atom. The van der Waals surface area contributed by atoms with Crippen molar-refractivity contribution in [1.82, 2.24) is 10.2 Å². The lowest BCUT2D eigenvalue weighted by molar-refractivity contribution is 0.130. The van der Waals surface area contributed by atoms with Crippen LogP contribution in [0, 0.1) is 5.92 Å². The van der Waals surface area contributed by atoms with Gasteiger partial charge < -0.3 is 19.7 Å². The van der Waals surface area contributed by atoms with Crippen molar-refractivity contribution >= 4 is 0 Å². The predicted molar refractivity (Wildman–Crippen MR) is 70.4 cm³/mol. The second kappa shape index (κ2) is 8.86. The Labute approximate surface area is 106 Å². The highest BCUT2D eigenvalue weighted by Crippen LogP contribution is 2.15. The number of likely N-dealkylation sites (N-methyl/N-ethyl adjacent to an activating group) is 1. The molecule has 4 nitrogen and oxygen atoms in total. The molecule has 1 aliphatic heterocycles. The zero-order valence-electron chi connectivity index (χ0n) is 11.6. The van der Waals surface area contributed by atoms with E-state index in [1.807, 2.05) is 0 Å². The van der Waals surface area contributed by atoms with Crippen LogP contribution in [-0.4, -0.2) is 64.1 Å². The molecule has 2 unspecified atom stereocenters. The van der Waals surface area contributed by atoms with Crippen LogP contribution < -0.4 is 5.32 Å². The average molecular weight is 244 g/mol. The van der Waals surface area contributed by atoms with E-state index in [2.05, 4.69) is 24.1 Å². The van der Waals surface area contributed by atoms with Crippen molar-refractivity contribution in [2.75, 3.05) is 53.1 Å². The van der Waals surface area contributed by atoms with E-state index in [0.29, 0.717) is 12.0 Å². The standard InChI is InChI=1S/C13H28N2O2/c1-4-6-14-13-11-17-10-12(13)9-15(5-2)7-8-16-3/h12-14H,4-11H2,1-3H3. The summed E-state index contributed by atoms with van der Waals surface area (Å²) in [6.07, 6.45) is 1.18. The number of nitrogens with zero attached hydrogens (tertiary/aromatic N) is 1. The van der Waals surface area contributed by atoms with Crippen molar-refractivity contribution in [3.63, 3.8) is 0 Å². The molecule has 0 aromatic heterocycles. The van der Waals surface area contributed by atoms with Gasteiger partial charge in [0.25, 0.3) is 0 Å². The zero-order valence-corrected chi connectivity index (χ0v) is 11.6. The minimum atomic E-state index is 0.534. The summed E-state index contributed by atoms with van der Waals surface area (Å²) in [5.41, 5.74) is 0. The summed E-state index contributed by atoms with van der Waals surface area (Å²) in [6, 6.07) is 0.534. The summed E-state index contributed by atoms with van der Waals surface area (Å²) in [4.78, 5) is 2.45. The molecule has 0 aliphatic carbocycles. The lowest BCUT2D eigenvalue weighted by Crippen LogP contribution is -2.42. The molecule has 102 valence electrons. The van der Waals surface area contributed by atoms with E-state index in [-0.39, 0.29) is 0 Å². The molecule has 0 bridgehead atoms. The predicted octanol–water partition coefficient (Wildman–Crippen LogP) is 0.969. The lowest BCUT2D eigenvalue weighted by atomic mass is 10.0. The monoisotopic (exact) mass is 244 g/mol. The van der Waals surface area contributed by atoms with Gasteiger partial charge in [-0.15, -0.1) is 0 Å². The molecule has 0 amide bonds. The minimum absolute atomic E-state index is 0.534. The number of nitrogens with one attached hydrogen (secondary N) is 1. The van der Waals surface area contributed by atoms with Gasteiger partial charge >= 0.3 is 0 Å². The molecule has 2 atom stereocenters. The number of ether oxygens (including phenoxy) is 2. The third-order valence-corrected chi connectivity index (χ3v) is 3.41. The van der Waals surface area contributed by atoms with Gasteiger partial charge in [0.15, 0.2) is 0 Å². The first-order valence-corrected chi connectivity index (χ1v) is 6.84. The number of rotatable bonds is 9. The van der Waals surface area contributed by atoms with Gasteiger partial charge in [0.05, 0.1) is 19.8 Å². The first-order valence-electron chi connectivity index (χ1n) is 6.84. The van der Waals surface area contributed by atoms with Crippen LogP contribution in [0.25, 0.3) is 0 Å². The molecule has 0 radical (unpaired) electrons. The van der Waals surface area contributed by atoms with Gasteiger partial charge in [-0.3, -0.25) is 0 Å². The molecule has 0 spiro atoms. The summed E-state index contributed by atoms with van der Waals surface area (Å²) >= 11 is 0. The Hall–Kier alpha value is -0.160. The number of hydrogen-bond donors (Lipinski definition) is 1. The van der Waals surface area contributed by atoms with Crippen molar-refractivity contribution in [1.29, 1.82) is 0 Å². The highest BCUT2D eigenvalue weighted by Gasteiger charge is 2.28. The first-order chi connectivity index (χ1) is 8.31. The van der Waals surface area contributed by atoms with Gasteiger partial charge in [-0.25, -0.2) is 0 Å². The fourth-order valence-electron chi connectivity index (χ4n) is 2.26. The quantitative estimate of drug-likeness (QED) is 0.655. The molecular formula is C13H28N2O2. The largest absolute Gasteiger partial charge is 0.383 e. The lowest BCUT2D eigenvalue weighted by Gasteiger charge is -2.26.